The summed E-state index contributed by atoms with van der Waals surface area (Å²) in [4.78, 5) is 4.87. The molecule has 1 unspecified atom stereocenters. The molecule has 9 aromatic rings. The molecule has 3 heteroatoms. The van der Waals surface area contributed by atoms with Crippen LogP contribution < -0.4 is 9.80 Å². The van der Waals surface area contributed by atoms with E-state index >= 15 is 0 Å². The lowest BCUT2D eigenvalue weighted by Gasteiger charge is -2.42. The molecule has 0 saturated heterocycles. The lowest BCUT2D eigenvalue weighted by atomic mass is 9.76. The van der Waals surface area contributed by atoms with E-state index in [-0.39, 0.29) is 5.92 Å². The molecule has 1 heterocycles. The summed E-state index contributed by atoms with van der Waals surface area (Å²) in [5.41, 5.74) is 19.4. The Morgan fingerprint density at radius 1 is 0.562 bits per heavy atom. The number of nitriles is 1. The van der Waals surface area contributed by atoms with Crippen molar-refractivity contribution < 1.29 is 0 Å². The molecular weight excluding hydrogens is 775 g/mol. The highest BCUT2D eigenvalue weighted by Gasteiger charge is 2.36. The summed E-state index contributed by atoms with van der Waals surface area (Å²) in [6.45, 7) is 0. The van der Waals surface area contributed by atoms with Crippen LogP contribution in [0.1, 0.15) is 57.7 Å². The Bertz CT molecular complexity index is 3560. The van der Waals surface area contributed by atoms with E-state index in [1.807, 2.05) is 18.2 Å². The minimum atomic E-state index is 0.284. The van der Waals surface area contributed by atoms with Gasteiger partial charge in [-0.3, -0.25) is 0 Å². The van der Waals surface area contributed by atoms with Gasteiger partial charge in [0.05, 0.1) is 16.9 Å². The number of anilines is 5. The molecule has 3 nitrogen and oxygen atoms in total. The van der Waals surface area contributed by atoms with Crippen molar-refractivity contribution in [1.29, 1.82) is 5.26 Å². The van der Waals surface area contributed by atoms with E-state index in [1.165, 1.54) is 99.5 Å². The van der Waals surface area contributed by atoms with Crippen molar-refractivity contribution >= 4 is 72.4 Å². The second kappa shape index (κ2) is 14.6. The van der Waals surface area contributed by atoms with E-state index in [4.69, 9.17) is 0 Å². The first-order valence-electron chi connectivity index (χ1n) is 22.7. The van der Waals surface area contributed by atoms with Gasteiger partial charge in [0.25, 0.3) is 0 Å². The first kappa shape index (κ1) is 36.7. The van der Waals surface area contributed by atoms with Crippen LogP contribution in [-0.2, 0) is 19.3 Å². The van der Waals surface area contributed by atoms with Gasteiger partial charge in [-0.15, -0.1) is 0 Å². The lowest BCUT2D eigenvalue weighted by Crippen LogP contribution is -2.28. The maximum Gasteiger partial charge on any atom is 0.101 e. The molecule has 302 valence electrons. The van der Waals surface area contributed by atoms with Crippen molar-refractivity contribution in [2.24, 2.45) is 0 Å². The van der Waals surface area contributed by atoms with Crippen LogP contribution in [0.15, 0.2) is 194 Å². The van der Waals surface area contributed by atoms with Crippen molar-refractivity contribution in [3.63, 3.8) is 0 Å². The van der Waals surface area contributed by atoms with Gasteiger partial charge < -0.3 is 9.80 Å². The summed E-state index contributed by atoms with van der Waals surface area (Å²) in [7, 11) is 0. The zero-order chi connectivity index (χ0) is 42.3. The smallest absolute Gasteiger partial charge is 0.101 e. The third-order valence-corrected chi connectivity index (χ3v) is 14.3. The van der Waals surface area contributed by atoms with Crippen molar-refractivity contribution in [3.05, 3.63) is 233 Å². The SMILES string of the molecule is N#Cc1ccccc1N(c1ccc(-c2ccc3c(c2)C=CCC3)cc1)c1ccc2c3c1ccc1ccc(N4C5=CC=C(c6ccc7ccccc7c6)C(C5)c5ccccc54)c(c13)CC2. The zero-order valence-electron chi connectivity index (χ0n) is 35.4. The molecule has 0 fully saturated rings. The molecule has 13 rings (SSSR count). The second-order valence-electron chi connectivity index (χ2n) is 17.8. The predicted octanol–water partition coefficient (Wildman–Crippen LogP) is 15.8. The summed E-state index contributed by atoms with van der Waals surface area (Å²) in [6.07, 6.45) is 14.4. The Balaban J connectivity index is 0.958. The van der Waals surface area contributed by atoms with Crippen molar-refractivity contribution in [3.8, 4) is 17.2 Å². The van der Waals surface area contributed by atoms with Crippen LogP contribution in [0, 0.1) is 11.3 Å². The highest BCUT2D eigenvalue weighted by Crippen LogP contribution is 2.54. The van der Waals surface area contributed by atoms with E-state index in [9.17, 15) is 5.26 Å². The first-order chi connectivity index (χ1) is 31.7. The molecule has 0 spiro atoms. The predicted molar refractivity (Wildman–Crippen MR) is 267 cm³/mol. The Labute approximate surface area is 373 Å². The van der Waals surface area contributed by atoms with Crippen LogP contribution in [0.4, 0.5) is 28.4 Å². The number of benzene rings is 9. The number of hydrogen-bond acceptors (Lipinski definition) is 3. The zero-order valence-corrected chi connectivity index (χ0v) is 35.4. The largest absolute Gasteiger partial charge is 0.314 e. The molecule has 0 radical (unpaired) electrons. The monoisotopic (exact) mass is 817 g/mol. The topological polar surface area (TPSA) is 30.3 Å². The van der Waals surface area contributed by atoms with Gasteiger partial charge in [-0.1, -0.05) is 133 Å². The number of fused-ring (bicyclic) bond motifs is 6. The van der Waals surface area contributed by atoms with E-state index < -0.39 is 0 Å². The van der Waals surface area contributed by atoms with Gasteiger partial charge in [-0.25, -0.2) is 0 Å². The molecule has 0 N–H and O–H groups in total. The number of rotatable bonds is 6. The normalized spacial score (nSPS) is 15.7. The Morgan fingerprint density at radius 2 is 1.34 bits per heavy atom. The molecule has 1 aliphatic heterocycles. The van der Waals surface area contributed by atoms with Gasteiger partial charge in [0, 0.05) is 34.1 Å². The van der Waals surface area contributed by atoms with Crippen LogP contribution in [0.2, 0.25) is 0 Å². The molecule has 0 amide bonds. The number of hydrogen-bond donors (Lipinski definition) is 0. The summed E-state index contributed by atoms with van der Waals surface area (Å²) in [6, 6.07) is 64.9. The maximum absolute atomic E-state index is 10.5. The standard InChI is InChI=1S/C61H43N3/c62-38-48-13-5-7-15-56(48)63(49-27-21-41(22-28-49)46-19-17-39-9-1-3-11-44(39)35-46)58-33-25-42-24-31-54-59(34-26-43-23-30-53(58)60(42)61(43)54)64-50-29-32-51(55(37-50)52-14-6-8-16-57(52)64)47-20-18-40-10-2-4-12-45(40)36-47/h2-8,10-23,25-30,32-36,55H,1,9,24,31,37H2. The molecule has 1 atom stereocenters. The fraction of sp³-hybridized carbons (Fsp3) is 0.0984. The Morgan fingerprint density at radius 3 is 2.27 bits per heavy atom. The fourth-order valence-electron chi connectivity index (χ4n) is 11.3. The molecule has 9 aromatic carbocycles. The fourth-order valence-corrected chi connectivity index (χ4v) is 11.3. The van der Waals surface area contributed by atoms with E-state index in [1.54, 1.807) is 0 Å². The first-order valence-corrected chi connectivity index (χ1v) is 22.7. The van der Waals surface area contributed by atoms with Gasteiger partial charge in [-0.05, 0) is 170 Å². The Kier molecular flexibility index (Phi) is 8.36. The molecule has 2 bridgehead atoms. The van der Waals surface area contributed by atoms with Crippen LogP contribution in [0.25, 0.3) is 55.1 Å². The minimum Gasteiger partial charge on any atom is -0.314 e. The minimum absolute atomic E-state index is 0.284. The van der Waals surface area contributed by atoms with Gasteiger partial charge in [-0.2, -0.15) is 5.26 Å². The number of aryl methyl sites for hydroxylation is 3. The summed E-state index contributed by atoms with van der Waals surface area (Å²) in [5, 5.41) is 18.2. The quantitative estimate of drug-likeness (QED) is 0.157. The van der Waals surface area contributed by atoms with Crippen molar-refractivity contribution in [2.45, 2.75) is 38.0 Å². The lowest BCUT2D eigenvalue weighted by molar-refractivity contribution is 0.773. The number of para-hydroxylation sites is 2. The van der Waals surface area contributed by atoms with Crippen molar-refractivity contribution in [2.75, 3.05) is 9.80 Å². The van der Waals surface area contributed by atoms with Crippen LogP contribution >= 0.6 is 0 Å². The summed E-state index contributed by atoms with van der Waals surface area (Å²) < 4.78 is 0. The summed E-state index contributed by atoms with van der Waals surface area (Å²) in [5.74, 6) is 0.284. The molecular formula is C61H43N3. The van der Waals surface area contributed by atoms with Gasteiger partial charge in [0.2, 0.25) is 0 Å². The molecule has 0 saturated carbocycles. The van der Waals surface area contributed by atoms with Gasteiger partial charge in [0.1, 0.15) is 6.07 Å². The van der Waals surface area contributed by atoms with E-state index in [2.05, 4.69) is 192 Å². The summed E-state index contributed by atoms with van der Waals surface area (Å²) >= 11 is 0. The highest BCUT2D eigenvalue weighted by atomic mass is 15.2. The molecule has 64 heavy (non-hydrogen) atoms. The maximum atomic E-state index is 10.5. The third-order valence-electron chi connectivity index (χ3n) is 14.3. The molecule has 0 aromatic heterocycles. The van der Waals surface area contributed by atoms with Crippen LogP contribution in [-0.4, -0.2) is 0 Å². The highest BCUT2D eigenvalue weighted by molar-refractivity contribution is 6.17. The van der Waals surface area contributed by atoms with E-state index in [0.717, 1.165) is 49.2 Å². The average Bonchev–Trinajstić information content (AvgIpc) is 3.36. The number of allylic oxidation sites excluding steroid dienone is 5. The second-order valence-corrected chi connectivity index (χ2v) is 17.8. The molecule has 4 aliphatic rings. The average molecular weight is 818 g/mol. The van der Waals surface area contributed by atoms with Gasteiger partial charge in [0.15, 0.2) is 0 Å². The third kappa shape index (κ3) is 5.73. The van der Waals surface area contributed by atoms with Gasteiger partial charge >= 0.3 is 0 Å². The van der Waals surface area contributed by atoms with E-state index in [0.29, 0.717) is 5.56 Å². The van der Waals surface area contributed by atoms with Crippen molar-refractivity contribution in [1.82, 2.24) is 0 Å². The van der Waals surface area contributed by atoms with Crippen LogP contribution in [0.3, 0.4) is 0 Å². The number of nitrogens with zero attached hydrogens (tertiary/aromatic N) is 3. The molecule has 3 aliphatic carbocycles. The Hall–Kier alpha value is -7.93. The van der Waals surface area contributed by atoms with Crippen LogP contribution in [0.5, 0.6) is 0 Å².